The van der Waals surface area contributed by atoms with Crippen LogP contribution in [-0.2, 0) is 6.61 Å². The lowest BCUT2D eigenvalue weighted by Gasteiger charge is -2.03. The van der Waals surface area contributed by atoms with Crippen LogP contribution in [0.1, 0.15) is 5.56 Å². The van der Waals surface area contributed by atoms with Gasteiger partial charge in [-0.1, -0.05) is 0 Å². The average molecular weight is 416 g/mol. The Balaban J connectivity index is 2.87. The largest absolute Gasteiger partial charge is 0.392 e. The van der Waals surface area contributed by atoms with Crippen molar-refractivity contribution in [1.82, 2.24) is 0 Å². The topological polar surface area (TPSA) is 20.2 Å². The van der Waals surface area contributed by atoms with Crippen molar-refractivity contribution in [1.29, 1.82) is 0 Å². The number of halogens is 2. The van der Waals surface area contributed by atoms with Crippen LogP contribution < -0.4 is 0 Å². The third kappa shape index (κ3) is 1.73. The van der Waals surface area contributed by atoms with Crippen LogP contribution in [0.15, 0.2) is 17.5 Å². The zero-order chi connectivity index (χ0) is 9.42. The van der Waals surface area contributed by atoms with Crippen LogP contribution in [0.3, 0.4) is 0 Å². The zero-order valence-electron chi connectivity index (χ0n) is 6.55. The van der Waals surface area contributed by atoms with E-state index in [2.05, 4.69) is 62.7 Å². The van der Waals surface area contributed by atoms with Crippen LogP contribution in [0, 0.1) is 7.14 Å². The van der Waals surface area contributed by atoms with E-state index in [0.717, 1.165) is 5.56 Å². The molecule has 0 saturated heterocycles. The van der Waals surface area contributed by atoms with Crippen molar-refractivity contribution < 1.29 is 5.11 Å². The van der Waals surface area contributed by atoms with Crippen LogP contribution in [0.2, 0.25) is 0 Å². The minimum absolute atomic E-state index is 0.125. The van der Waals surface area contributed by atoms with Gasteiger partial charge in [0.15, 0.2) is 0 Å². The lowest BCUT2D eigenvalue weighted by atomic mass is 10.1. The Kier molecular flexibility index (Phi) is 3.11. The van der Waals surface area contributed by atoms with Crippen molar-refractivity contribution in [3.05, 3.63) is 30.2 Å². The lowest BCUT2D eigenvalue weighted by molar-refractivity contribution is 0.283. The van der Waals surface area contributed by atoms with E-state index < -0.39 is 0 Å². The Morgan fingerprint density at radius 3 is 2.85 bits per heavy atom. The van der Waals surface area contributed by atoms with Crippen LogP contribution in [0.25, 0.3) is 10.1 Å². The monoisotopic (exact) mass is 416 g/mol. The van der Waals surface area contributed by atoms with Crippen LogP contribution in [0.4, 0.5) is 0 Å². The molecule has 0 aliphatic rings. The molecule has 13 heavy (non-hydrogen) atoms. The highest BCUT2D eigenvalue weighted by Gasteiger charge is 2.08. The van der Waals surface area contributed by atoms with Gasteiger partial charge in [-0.3, -0.25) is 0 Å². The first kappa shape index (κ1) is 10.1. The molecule has 0 aliphatic carbocycles. The van der Waals surface area contributed by atoms with Crippen molar-refractivity contribution >= 4 is 66.6 Å². The molecule has 0 aliphatic heterocycles. The summed E-state index contributed by atoms with van der Waals surface area (Å²) in [4.78, 5) is 0. The molecule has 1 N–H and O–H groups in total. The number of rotatable bonds is 1. The van der Waals surface area contributed by atoms with Gasteiger partial charge in [0.25, 0.3) is 0 Å². The van der Waals surface area contributed by atoms with E-state index in [-0.39, 0.29) is 6.61 Å². The summed E-state index contributed by atoms with van der Waals surface area (Å²) in [5, 5.41) is 12.4. The van der Waals surface area contributed by atoms with Gasteiger partial charge in [0, 0.05) is 11.8 Å². The number of fused-ring (bicyclic) bond motifs is 1. The Labute approximate surface area is 107 Å². The average Bonchev–Trinajstić information content (AvgIpc) is 2.60. The van der Waals surface area contributed by atoms with Crippen molar-refractivity contribution in [2.24, 2.45) is 0 Å². The summed E-state index contributed by atoms with van der Waals surface area (Å²) in [5.41, 5.74) is 1.03. The number of hydrogen-bond acceptors (Lipinski definition) is 2. The molecule has 2 aromatic rings. The summed E-state index contributed by atoms with van der Waals surface area (Å²) in [6, 6.07) is 4.13. The molecule has 0 unspecified atom stereocenters. The summed E-state index contributed by atoms with van der Waals surface area (Å²) < 4.78 is 3.80. The second-order valence-electron chi connectivity index (χ2n) is 2.65. The van der Waals surface area contributed by atoms with Gasteiger partial charge in [-0.25, -0.2) is 0 Å². The van der Waals surface area contributed by atoms with E-state index in [0.29, 0.717) is 0 Å². The molecule has 0 atom stereocenters. The fourth-order valence-electron chi connectivity index (χ4n) is 1.27. The van der Waals surface area contributed by atoms with E-state index in [1.165, 1.54) is 17.2 Å². The second kappa shape index (κ2) is 4.00. The molecular formula is C9H6I2OS. The van der Waals surface area contributed by atoms with Gasteiger partial charge in [-0.15, -0.1) is 11.3 Å². The van der Waals surface area contributed by atoms with E-state index in [1.807, 2.05) is 0 Å². The third-order valence-corrected chi connectivity index (χ3v) is 6.19. The predicted octanol–water partition coefficient (Wildman–Crippen LogP) is 3.60. The van der Waals surface area contributed by atoms with E-state index in [9.17, 15) is 0 Å². The van der Waals surface area contributed by atoms with Gasteiger partial charge >= 0.3 is 0 Å². The van der Waals surface area contributed by atoms with Crippen molar-refractivity contribution in [2.75, 3.05) is 0 Å². The first-order valence-electron chi connectivity index (χ1n) is 3.69. The molecule has 1 heterocycles. The first-order valence-corrected chi connectivity index (χ1v) is 6.72. The minimum Gasteiger partial charge on any atom is -0.392 e. The molecule has 0 fully saturated rings. The smallest absolute Gasteiger partial charge is 0.0688 e. The number of hydrogen-bond donors (Lipinski definition) is 1. The quantitative estimate of drug-likeness (QED) is 0.705. The molecule has 1 aromatic carbocycles. The van der Waals surface area contributed by atoms with E-state index in [1.54, 1.807) is 11.3 Å². The summed E-state index contributed by atoms with van der Waals surface area (Å²) in [6.45, 7) is 0.125. The molecule has 2 rings (SSSR count). The SMILES string of the molecule is OCc1cc(I)c(I)c2sccc12. The molecule has 0 saturated carbocycles. The lowest BCUT2D eigenvalue weighted by Crippen LogP contribution is -1.88. The first-order chi connectivity index (χ1) is 6.24. The molecule has 1 aromatic heterocycles. The molecular weight excluding hydrogens is 410 g/mol. The third-order valence-electron chi connectivity index (χ3n) is 1.89. The maximum absolute atomic E-state index is 9.17. The molecule has 0 radical (unpaired) electrons. The highest BCUT2D eigenvalue weighted by atomic mass is 127. The normalized spacial score (nSPS) is 11.0. The van der Waals surface area contributed by atoms with Gasteiger partial charge < -0.3 is 5.11 Å². The molecule has 0 amide bonds. The van der Waals surface area contributed by atoms with Crippen molar-refractivity contribution in [3.63, 3.8) is 0 Å². The van der Waals surface area contributed by atoms with Crippen LogP contribution in [0.5, 0.6) is 0 Å². The Morgan fingerprint density at radius 2 is 2.15 bits per heavy atom. The zero-order valence-corrected chi connectivity index (χ0v) is 11.7. The summed E-state index contributed by atoms with van der Waals surface area (Å²) in [7, 11) is 0. The number of aliphatic hydroxyl groups is 1. The summed E-state index contributed by atoms with van der Waals surface area (Å²) in [6.07, 6.45) is 0. The van der Waals surface area contributed by atoms with Crippen LogP contribution in [-0.4, -0.2) is 5.11 Å². The highest BCUT2D eigenvalue weighted by Crippen LogP contribution is 2.32. The van der Waals surface area contributed by atoms with Gasteiger partial charge in [-0.05, 0) is 73.6 Å². The number of aliphatic hydroxyl groups excluding tert-OH is 1. The Morgan fingerprint density at radius 1 is 1.38 bits per heavy atom. The maximum Gasteiger partial charge on any atom is 0.0688 e. The molecule has 0 bridgehead atoms. The van der Waals surface area contributed by atoms with Gasteiger partial charge in [-0.2, -0.15) is 0 Å². The molecule has 0 spiro atoms. The summed E-state index contributed by atoms with van der Waals surface area (Å²) >= 11 is 6.39. The van der Waals surface area contributed by atoms with Gasteiger partial charge in [0.05, 0.1) is 6.61 Å². The van der Waals surface area contributed by atoms with E-state index in [4.69, 9.17) is 5.11 Å². The second-order valence-corrected chi connectivity index (χ2v) is 5.81. The molecule has 1 nitrogen and oxygen atoms in total. The minimum atomic E-state index is 0.125. The summed E-state index contributed by atoms with van der Waals surface area (Å²) in [5.74, 6) is 0. The van der Waals surface area contributed by atoms with Crippen molar-refractivity contribution in [3.8, 4) is 0 Å². The predicted molar refractivity (Wildman–Crippen MR) is 73.2 cm³/mol. The van der Waals surface area contributed by atoms with Crippen molar-refractivity contribution in [2.45, 2.75) is 6.61 Å². The Hall–Kier alpha value is 0.600. The fourth-order valence-corrected chi connectivity index (χ4v) is 3.80. The molecule has 68 valence electrons. The number of thiophene rings is 1. The Bertz CT molecular complexity index is 450. The molecule has 4 heteroatoms. The van der Waals surface area contributed by atoms with Crippen LogP contribution >= 0.6 is 56.5 Å². The van der Waals surface area contributed by atoms with Gasteiger partial charge in [0.2, 0.25) is 0 Å². The number of benzene rings is 1. The van der Waals surface area contributed by atoms with E-state index >= 15 is 0 Å². The fraction of sp³-hybridized carbons (Fsp3) is 0.111. The maximum atomic E-state index is 9.17. The standard InChI is InChI=1S/C9H6I2OS/c10-7-3-5(4-12)6-1-2-13-9(6)8(7)11/h1-3,12H,4H2. The highest BCUT2D eigenvalue weighted by molar-refractivity contribution is 14.1. The van der Waals surface area contributed by atoms with Gasteiger partial charge in [0.1, 0.15) is 0 Å².